The zero-order chi connectivity index (χ0) is 30.2. The summed E-state index contributed by atoms with van der Waals surface area (Å²) in [7, 11) is 0. The van der Waals surface area contributed by atoms with Crippen molar-refractivity contribution in [2.75, 3.05) is 46.1 Å². The predicted octanol–water partition coefficient (Wildman–Crippen LogP) is 6.11. The van der Waals surface area contributed by atoms with Crippen LogP contribution in [0.1, 0.15) is 22.3 Å². The van der Waals surface area contributed by atoms with Gasteiger partial charge in [-0.3, -0.25) is 4.90 Å². The molecule has 4 aromatic rings. The lowest BCUT2D eigenvalue weighted by Gasteiger charge is -2.24. The van der Waals surface area contributed by atoms with E-state index >= 15 is 0 Å². The summed E-state index contributed by atoms with van der Waals surface area (Å²) in [4.78, 5) is 13.1. The van der Waals surface area contributed by atoms with Crippen LogP contribution < -0.4 is 9.47 Å². The maximum Gasteiger partial charge on any atom is 0.416 e. The van der Waals surface area contributed by atoms with E-state index < -0.39 is 24.3 Å². The molecule has 0 atom stereocenters. The number of fused-ring (bicyclic) bond motifs is 1. The average Bonchev–Trinajstić information content (AvgIpc) is 3.50. The van der Waals surface area contributed by atoms with E-state index in [-0.39, 0.29) is 6.61 Å². The molecule has 1 N–H and O–H groups in total. The Labute approximate surface area is 246 Å². The molecule has 0 aliphatic carbocycles. The second kappa shape index (κ2) is 13.5. The van der Waals surface area contributed by atoms with Gasteiger partial charge in [-0.25, -0.2) is 4.79 Å². The van der Waals surface area contributed by atoms with Crippen molar-refractivity contribution in [1.29, 1.82) is 0 Å². The zero-order valence-electron chi connectivity index (χ0n) is 23.0. The van der Waals surface area contributed by atoms with Crippen molar-refractivity contribution in [2.45, 2.75) is 6.18 Å². The van der Waals surface area contributed by atoms with E-state index in [1.54, 1.807) is 24.3 Å². The number of hydrogen-bond acceptors (Lipinski definition) is 6. The highest BCUT2D eigenvalue weighted by Gasteiger charge is 2.30. The first-order valence-electron chi connectivity index (χ1n) is 13.5. The SMILES string of the molecule is O=C(O)COc1ccc(OCC=C(c2ccc(C#CCN3CCOCC3)cc2)c2ccc(C(F)(F)F)cc2)c2occc12. The molecule has 0 spiro atoms. The summed E-state index contributed by atoms with van der Waals surface area (Å²) in [5.41, 5.74) is 2.52. The molecule has 1 aliphatic rings. The number of carboxylic acids is 1. The van der Waals surface area contributed by atoms with Gasteiger partial charge in [-0.15, -0.1) is 0 Å². The van der Waals surface area contributed by atoms with Crippen molar-refractivity contribution in [3.63, 3.8) is 0 Å². The van der Waals surface area contributed by atoms with E-state index in [4.69, 9.17) is 23.7 Å². The summed E-state index contributed by atoms with van der Waals surface area (Å²) in [6.45, 7) is 3.33. The molecule has 0 radical (unpaired) electrons. The Morgan fingerprint density at radius 2 is 1.60 bits per heavy atom. The summed E-state index contributed by atoms with van der Waals surface area (Å²) in [5.74, 6) is 5.99. The summed E-state index contributed by atoms with van der Waals surface area (Å²) in [5, 5.41) is 9.47. The molecule has 1 fully saturated rings. The van der Waals surface area contributed by atoms with Gasteiger partial charge in [0.25, 0.3) is 0 Å². The van der Waals surface area contributed by atoms with E-state index in [9.17, 15) is 18.0 Å². The number of nitrogens with zero attached hydrogens (tertiary/aromatic N) is 1. The maximum absolute atomic E-state index is 13.2. The lowest BCUT2D eigenvalue weighted by atomic mass is 9.96. The topological polar surface area (TPSA) is 81.4 Å². The van der Waals surface area contributed by atoms with Crippen LogP contribution in [0.2, 0.25) is 0 Å². The zero-order valence-corrected chi connectivity index (χ0v) is 23.0. The summed E-state index contributed by atoms with van der Waals surface area (Å²) < 4.78 is 61.9. The number of alkyl halides is 3. The van der Waals surface area contributed by atoms with Gasteiger partial charge in [0.15, 0.2) is 17.9 Å². The lowest BCUT2D eigenvalue weighted by molar-refractivity contribution is -0.139. The first-order valence-corrected chi connectivity index (χ1v) is 13.5. The fourth-order valence-corrected chi connectivity index (χ4v) is 4.59. The van der Waals surface area contributed by atoms with E-state index in [1.165, 1.54) is 18.4 Å². The maximum atomic E-state index is 13.2. The highest BCUT2D eigenvalue weighted by atomic mass is 19.4. The normalized spacial score (nSPS) is 14.3. The van der Waals surface area contributed by atoms with Crippen LogP contribution in [0.5, 0.6) is 11.5 Å². The number of morpholine rings is 1. The molecule has 0 saturated carbocycles. The monoisotopic (exact) mass is 591 g/mol. The number of furan rings is 1. The quantitative estimate of drug-likeness (QED) is 0.235. The fraction of sp³-hybridized carbons (Fsp3) is 0.242. The predicted molar refractivity (Wildman–Crippen MR) is 154 cm³/mol. The second-order valence-electron chi connectivity index (χ2n) is 9.68. The Balaban J connectivity index is 1.37. The third-order valence-electron chi connectivity index (χ3n) is 6.78. The highest BCUT2D eigenvalue weighted by molar-refractivity contribution is 5.89. The Kier molecular flexibility index (Phi) is 9.35. The third kappa shape index (κ3) is 7.77. The van der Waals surface area contributed by atoms with Crippen LogP contribution in [0.25, 0.3) is 16.5 Å². The largest absolute Gasteiger partial charge is 0.486 e. The molecule has 0 unspecified atom stereocenters. The molecule has 0 bridgehead atoms. The smallest absolute Gasteiger partial charge is 0.416 e. The van der Waals surface area contributed by atoms with Crippen LogP contribution in [0.15, 0.2) is 83.5 Å². The number of halogens is 3. The average molecular weight is 592 g/mol. The van der Waals surface area contributed by atoms with E-state index in [1.807, 2.05) is 24.3 Å². The minimum atomic E-state index is -4.44. The molecule has 3 aromatic carbocycles. The molecule has 1 aliphatic heterocycles. The molecule has 10 heteroatoms. The minimum absolute atomic E-state index is 0.0720. The Morgan fingerprint density at radius 3 is 2.28 bits per heavy atom. The van der Waals surface area contributed by atoms with Crippen LogP contribution >= 0.6 is 0 Å². The van der Waals surface area contributed by atoms with Gasteiger partial charge < -0.3 is 23.7 Å². The highest BCUT2D eigenvalue weighted by Crippen LogP contribution is 2.35. The van der Waals surface area contributed by atoms with E-state index in [2.05, 4.69) is 16.7 Å². The van der Waals surface area contributed by atoms with Gasteiger partial charge in [-0.05, 0) is 65.2 Å². The van der Waals surface area contributed by atoms with Gasteiger partial charge >= 0.3 is 12.1 Å². The first-order chi connectivity index (χ1) is 20.8. The number of rotatable bonds is 9. The van der Waals surface area contributed by atoms with Gasteiger partial charge in [-0.2, -0.15) is 13.2 Å². The van der Waals surface area contributed by atoms with Crippen molar-refractivity contribution in [1.82, 2.24) is 4.90 Å². The van der Waals surface area contributed by atoms with Gasteiger partial charge in [0, 0.05) is 18.7 Å². The lowest BCUT2D eigenvalue weighted by Crippen LogP contribution is -2.36. The number of hydrogen-bond donors (Lipinski definition) is 1. The van der Waals surface area contributed by atoms with Crippen LogP contribution in [-0.4, -0.2) is 62.0 Å². The number of ether oxygens (including phenoxy) is 3. The number of carboxylic acid groups (broad SMARTS) is 1. The molecule has 43 heavy (non-hydrogen) atoms. The number of aliphatic carboxylic acids is 1. The van der Waals surface area contributed by atoms with Crippen molar-refractivity contribution >= 4 is 22.5 Å². The molecule has 0 amide bonds. The van der Waals surface area contributed by atoms with E-state index in [0.29, 0.717) is 53.4 Å². The van der Waals surface area contributed by atoms with Crippen LogP contribution in [-0.2, 0) is 15.7 Å². The third-order valence-corrected chi connectivity index (χ3v) is 6.78. The standard InChI is InChI=1S/C33H28F3NO6/c34-33(35,36)26-9-7-25(8-10-26)27(24-5-3-23(4-6-24)2-1-15-37-16-20-40-21-17-37)13-18-41-30-12-11-29(43-22-31(38)39)28-14-19-42-32(28)30/h3-14,19H,15-18,20-22H2,(H,38,39). The van der Waals surface area contributed by atoms with E-state index in [0.717, 1.165) is 36.3 Å². The molecular weight excluding hydrogens is 563 g/mol. The van der Waals surface area contributed by atoms with Crippen molar-refractivity contribution in [2.24, 2.45) is 0 Å². The van der Waals surface area contributed by atoms with Crippen LogP contribution in [0.4, 0.5) is 13.2 Å². The molecule has 1 saturated heterocycles. The van der Waals surface area contributed by atoms with Gasteiger partial charge in [-0.1, -0.05) is 36.1 Å². The number of benzene rings is 3. The molecule has 7 nitrogen and oxygen atoms in total. The van der Waals surface area contributed by atoms with Crippen molar-refractivity contribution < 1.29 is 41.7 Å². The van der Waals surface area contributed by atoms with Gasteiger partial charge in [0.1, 0.15) is 12.4 Å². The second-order valence-corrected chi connectivity index (χ2v) is 9.68. The molecule has 1 aromatic heterocycles. The molecular formula is C33H28F3NO6. The van der Waals surface area contributed by atoms with Crippen LogP contribution in [0.3, 0.4) is 0 Å². The van der Waals surface area contributed by atoms with Crippen molar-refractivity contribution in [3.8, 4) is 23.3 Å². The summed E-state index contributed by atoms with van der Waals surface area (Å²) in [6, 6.07) is 17.3. The minimum Gasteiger partial charge on any atom is -0.486 e. The number of carbonyl (C=O) groups is 1. The Bertz CT molecular complexity index is 1640. The van der Waals surface area contributed by atoms with Gasteiger partial charge in [0.2, 0.25) is 0 Å². The first kappa shape index (κ1) is 29.8. The summed E-state index contributed by atoms with van der Waals surface area (Å²) >= 11 is 0. The Morgan fingerprint density at radius 1 is 0.930 bits per heavy atom. The molecule has 222 valence electrons. The fourth-order valence-electron chi connectivity index (χ4n) is 4.59. The Hall–Kier alpha value is -4.72. The molecule has 5 rings (SSSR count). The van der Waals surface area contributed by atoms with Gasteiger partial charge in [0.05, 0.1) is 37.0 Å². The van der Waals surface area contributed by atoms with Crippen LogP contribution in [0, 0.1) is 11.8 Å². The molecule has 2 heterocycles. The van der Waals surface area contributed by atoms with Crippen molar-refractivity contribution in [3.05, 3.63) is 101 Å². The summed E-state index contributed by atoms with van der Waals surface area (Å²) in [6.07, 6.45) is -1.22.